The Hall–Kier alpha value is -0.940. The molecule has 2 aliphatic rings. The highest BCUT2D eigenvalue weighted by atomic mass is 16.5. The van der Waals surface area contributed by atoms with Gasteiger partial charge in [-0.25, -0.2) is 0 Å². The van der Waals surface area contributed by atoms with Crippen molar-refractivity contribution in [2.75, 3.05) is 13.1 Å². The molecular weight excluding hydrogens is 240 g/mol. The number of rotatable bonds is 4. The lowest BCUT2D eigenvalue weighted by Crippen LogP contribution is -2.58. The topological polar surface area (TPSA) is 52.0 Å². The Kier molecular flexibility index (Phi) is 3.58. The van der Waals surface area contributed by atoms with Crippen LogP contribution in [0.15, 0.2) is 0 Å². The van der Waals surface area contributed by atoms with Gasteiger partial charge in [-0.1, -0.05) is 19.3 Å². The zero-order valence-corrected chi connectivity index (χ0v) is 12.0. The predicted molar refractivity (Wildman–Crippen MR) is 72.9 cm³/mol. The molecule has 106 valence electrons. The molecule has 0 atom stereocenters. The van der Waals surface area contributed by atoms with Crippen molar-refractivity contribution in [3.63, 3.8) is 0 Å². The van der Waals surface area contributed by atoms with Crippen LogP contribution < -0.4 is 5.32 Å². The number of nitrogens with one attached hydrogen (secondary N) is 1. The highest BCUT2D eigenvalue weighted by Gasteiger charge is 2.33. The van der Waals surface area contributed by atoms with Gasteiger partial charge in [0, 0.05) is 19.1 Å². The van der Waals surface area contributed by atoms with Crippen LogP contribution in [0.3, 0.4) is 0 Å². The molecule has 1 aromatic heterocycles. The third-order valence-corrected chi connectivity index (χ3v) is 4.42. The molecule has 0 unspecified atom stereocenters. The van der Waals surface area contributed by atoms with Crippen LogP contribution in [-0.2, 0) is 11.3 Å². The molecule has 1 N–H and O–H groups in total. The van der Waals surface area contributed by atoms with Crippen molar-refractivity contribution in [3.05, 3.63) is 11.6 Å². The Balaban J connectivity index is 1.70. The van der Waals surface area contributed by atoms with E-state index < -0.39 is 0 Å². The largest absolute Gasteiger partial charge is 0.365 e. The number of hydrogen-bond donors (Lipinski definition) is 1. The molecule has 1 saturated heterocycles. The standard InChI is InChI=1S/C14H24N4O/c1-11-16-17-13(8-19-14(2)9-15-10-14)18(11)12-6-4-3-5-7-12/h12,15H,3-10H2,1-2H3. The molecule has 5 heteroatoms. The van der Waals surface area contributed by atoms with Gasteiger partial charge in [-0.3, -0.25) is 0 Å². The minimum Gasteiger partial charge on any atom is -0.365 e. The van der Waals surface area contributed by atoms with Gasteiger partial charge in [0.05, 0.1) is 5.60 Å². The van der Waals surface area contributed by atoms with Gasteiger partial charge in [-0.15, -0.1) is 10.2 Å². The molecule has 0 bridgehead atoms. The summed E-state index contributed by atoms with van der Waals surface area (Å²) in [4.78, 5) is 0. The van der Waals surface area contributed by atoms with E-state index in [1.165, 1.54) is 32.1 Å². The average molecular weight is 264 g/mol. The molecule has 5 nitrogen and oxygen atoms in total. The van der Waals surface area contributed by atoms with E-state index in [2.05, 4.69) is 33.9 Å². The first-order chi connectivity index (χ1) is 9.18. The zero-order valence-electron chi connectivity index (χ0n) is 12.0. The molecule has 1 aliphatic carbocycles. The van der Waals surface area contributed by atoms with E-state index in [0.717, 1.165) is 24.7 Å². The van der Waals surface area contributed by atoms with Crippen molar-refractivity contribution in [1.29, 1.82) is 0 Å². The van der Waals surface area contributed by atoms with Gasteiger partial charge >= 0.3 is 0 Å². The highest BCUT2D eigenvalue weighted by molar-refractivity contribution is 4.98. The second-order valence-corrected chi connectivity index (χ2v) is 6.17. The molecule has 1 aliphatic heterocycles. The fourth-order valence-electron chi connectivity index (χ4n) is 3.14. The molecule has 0 spiro atoms. The minimum absolute atomic E-state index is 0.0166. The van der Waals surface area contributed by atoms with E-state index in [0.29, 0.717) is 12.6 Å². The lowest BCUT2D eigenvalue weighted by Gasteiger charge is -2.39. The normalized spacial score (nSPS) is 23.3. The summed E-state index contributed by atoms with van der Waals surface area (Å²) in [5.74, 6) is 2.03. The molecule has 3 rings (SSSR count). The van der Waals surface area contributed by atoms with Gasteiger partial charge in [0.1, 0.15) is 12.4 Å². The molecule has 0 radical (unpaired) electrons. The number of hydrogen-bond acceptors (Lipinski definition) is 4. The quantitative estimate of drug-likeness (QED) is 0.903. The Morgan fingerprint density at radius 2 is 2.00 bits per heavy atom. The van der Waals surface area contributed by atoms with E-state index in [9.17, 15) is 0 Å². The van der Waals surface area contributed by atoms with Crippen LogP contribution in [0.4, 0.5) is 0 Å². The molecule has 1 saturated carbocycles. The number of aromatic nitrogens is 3. The van der Waals surface area contributed by atoms with Crippen molar-refractivity contribution < 1.29 is 4.74 Å². The SMILES string of the molecule is Cc1nnc(COC2(C)CNC2)n1C1CCCCC1. The third-order valence-electron chi connectivity index (χ3n) is 4.42. The van der Waals surface area contributed by atoms with Crippen molar-refractivity contribution in [2.45, 2.75) is 64.2 Å². The maximum Gasteiger partial charge on any atom is 0.159 e. The first kappa shape index (κ1) is 13.1. The summed E-state index contributed by atoms with van der Waals surface area (Å²) in [6.45, 7) is 6.65. The van der Waals surface area contributed by atoms with Crippen molar-refractivity contribution in [1.82, 2.24) is 20.1 Å². The second-order valence-electron chi connectivity index (χ2n) is 6.17. The summed E-state index contributed by atoms with van der Waals surface area (Å²) in [6.07, 6.45) is 6.52. The number of aryl methyl sites for hydroxylation is 1. The van der Waals surface area contributed by atoms with Gasteiger partial charge < -0.3 is 14.6 Å². The number of nitrogens with zero attached hydrogens (tertiary/aromatic N) is 3. The smallest absolute Gasteiger partial charge is 0.159 e. The maximum absolute atomic E-state index is 6.01. The highest BCUT2D eigenvalue weighted by Crippen LogP contribution is 2.30. The van der Waals surface area contributed by atoms with E-state index >= 15 is 0 Å². The summed E-state index contributed by atoms with van der Waals surface area (Å²) in [7, 11) is 0. The Morgan fingerprint density at radius 1 is 1.26 bits per heavy atom. The monoisotopic (exact) mass is 264 g/mol. The molecular formula is C14H24N4O. The average Bonchev–Trinajstić information content (AvgIpc) is 2.76. The second kappa shape index (κ2) is 5.21. The van der Waals surface area contributed by atoms with Crippen LogP contribution in [-0.4, -0.2) is 33.5 Å². The van der Waals surface area contributed by atoms with Crippen LogP contribution in [0.5, 0.6) is 0 Å². The molecule has 19 heavy (non-hydrogen) atoms. The maximum atomic E-state index is 6.01. The summed E-state index contributed by atoms with van der Waals surface area (Å²) in [5.41, 5.74) is -0.0166. The van der Waals surface area contributed by atoms with E-state index in [-0.39, 0.29) is 5.60 Å². The molecule has 0 amide bonds. The first-order valence-corrected chi connectivity index (χ1v) is 7.43. The van der Waals surface area contributed by atoms with E-state index in [1.54, 1.807) is 0 Å². The van der Waals surface area contributed by atoms with Crippen LogP contribution >= 0.6 is 0 Å². The summed E-state index contributed by atoms with van der Waals surface area (Å²) >= 11 is 0. The van der Waals surface area contributed by atoms with Crippen molar-refractivity contribution >= 4 is 0 Å². The minimum atomic E-state index is -0.0166. The predicted octanol–water partition coefficient (Wildman–Crippen LogP) is 1.97. The Bertz CT molecular complexity index is 433. The van der Waals surface area contributed by atoms with Gasteiger partial charge in [0.15, 0.2) is 5.82 Å². The zero-order chi connectivity index (χ0) is 13.3. The van der Waals surface area contributed by atoms with Crippen LogP contribution in [0.1, 0.15) is 56.7 Å². The molecule has 2 fully saturated rings. The fraction of sp³-hybridized carbons (Fsp3) is 0.857. The summed E-state index contributed by atoms with van der Waals surface area (Å²) < 4.78 is 8.32. The summed E-state index contributed by atoms with van der Waals surface area (Å²) in [5, 5.41) is 11.8. The molecule has 1 aromatic rings. The lowest BCUT2D eigenvalue weighted by atomic mass is 9.95. The van der Waals surface area contributed by atoms with Crippen molar-refractivity contribution in [2.24, 2.45) is 0 Å². The van der Waals surface area contributed by atoms with Gasteiger partial charge in [0.25, 0.3) is 0 Å². The van der Waals surface area contributed by atoms with E-state index in [4.69, 9.17) is 4.74 Å². The Labute approximate surface area is 114 Å². The fourth-order valence-corrected chi connectivity index (χ4v) is 3.14. The first-order valence-electron chi connectivity index (χ1n) is 7.43. The number of ether oxygens (including phenoxy) is 1. The van der Waals surface area contributed by atoms with Gasteiger partial charge in [0.2, 0.25) is 0 Å². The van der Waals surface area contributed by atoms with Crippen LogP contribution in [0, 0.1) is 6.92 Å². The third kappa shape index (κ3) is 2.67. The van der Waals surface area contributed by atoms with Gasteiger partial charge in [-0.05, 0) is 26.7 Å². The Morgan fingerprint density at radius 3 is 2.63 bits per heavy atom. The van der Waals surface area contributed by atoms with Gasteiger partial charge in [-0.2, -0.15) is 0 Å². The molecule has 0 aromatic carbocycles. The van der Waals surface area contributed by atoms with Crippen LogP contribution in [0.2, 0.25) is 0 Å². The van der Waals surface area contributed by atoms with Crippen molar-refractivity contribution in [3.8, 4) is 0 Å². The summed E-state index contributed by atoms with van der Waals surface area (Å²) in [6, 6.07) is 0.578. The molecule has 2 heterocycles. The lowest BCUT2D eigenvalue weighted by molar-refractivity contribution is -0.0802. The van der Waals surface area contributed by atoms with Crippen LogP contribution in [0.25, 0.3) is 0 Å². The van der Waals surface area contributed by atoms with E-state index in [1.807, 2.05) is 0 Å².